The number of benzene rings is 2. The number of rotatable bonds is 4. The highest BCUT2D eigenvalue weighted by molar-refractivity contribution is 6.31. The van der Waals surface area contributed by atoms with Crippen molar-refractivity contribution < 1.29 is 13.9 Å². The van der Waals surface area contributed by atoms with E-state index in [0.29, 0.717) is 33.0 Å². The fourth-order valence-corrected chi connectivity index (χ4v) is 2.53. The minimum atomic E-state index is -0.542. The van der Waals surface area contributed by atoms with Crippen LogP contribution in [0.25, 0.3) is 11.0 Å². The van der Waals surface area contributed by atoms with Crippen LogP contribution in [-0.4, -0.2) is 18.7 Å². The molecule has 0 fully saturated rings. The van der Waals surface area contributed by atoms with Crippen molar-refractivity contribution in [3.05, 3.63) is 75.1 Å². The Morgan fingerprint density at radius 3 is 2.58 bits per heavy atom. The van der Waals surface area contributed by atoms with E-state index in [-0.39, 0.29) is 5.56 Å². The Morgan fingerprint density at radius 2 is 1.88 bits per heavy atom. The van der Waals surface area contributed by atoms with Crippen LogP contribution in [0.5, 0.6) is 5.75 Å². The molecule has 0 aliphatic heterocycles. The number of carbonyl (C=O) groups excluding carboxylic acids is 1. The molecule has 0 aliphatic carbocycles. The minimum Gasteiger partial charge on any atom is -0.497 e. The van der Waals surface area contributed by atoms with E-state index in [0.717, 1.165) is 0 Å². The number of carbonyl (C=O) groups is 1. The van der Waals surface area contributed by atoms with Gasteiger partial charge in [0, 0.05) is 16.0 Å². The second-order valence-electron chi connectivity index (χ2n) is 5.50. The molecule has 1 heterocycles. The SMILES string of the molecule is COc1ccc(C(=O)NN=C(C)c2cc3cc(Cl)ccc3oc2=O)cc1. The van der Waals surface area contributed by atoms with Gasteiger partial charge in [-0.15, -0.1) is 0 Å². The molecule has 0 aliphatic rings. The van der Waals surface area contributed by atoms with Crippen molar-refractivity contribution in [3.63, 3.8) is 0 Å². The van der Waals surface area contributed by atoms with Crippen molar-refractivity contribution in [2.75, 3.05) is 7.11 Å². The van der Waals surface area contributed by atoms with E-state index >= 15 is 0 Å². The summed E-state index contributed by atoms with van der Waals surface area (Å²) in [6.07, 6.45) is 0. The van der Waals surface area contributed by atoms with Crippen LogP contribution in [0, 0.1) is 0 Å². The van der Waals surface area contributed by atoms with Crippen LogP contribution >= 0.6 is 11.6 Å². The Balaban J connectivity index is 1.84. The topological polar surface area (TPSA) is 80.9 Å². The molecule has 26 heavy (non-hydrogen) atoms. The molecule has 3 aromatic rings. The van der Waals surface area contributed by atoms with Gasteiger partial charge in [0.25, 0.3) is 5.91 Å². The van der Waals surface area contributed by atoms with Crippen molar-refractivity contribution in [2.24, 2.45) is 5.10 Å². The van der Waals surface area contributed by atoms with Crippen molar-refractivity contribution in [2.45, 2.75) is 6.92 Å². The van der Waals surface area contributed by atoms with Gasteiger partial charge < -0.3 is 9.15 Å². The summed E-state index contributed by atoms with van der Waals surface area (Å²) < 4.78 is 10.3. The van der Waals surface area contributed by atoms with Crippen LogP contribution in [0.4, 0.5) is 0 Å². The van der Waals surface area contributed by atoms with Gasteiger partial charge in [0.05, 0.1) is 18.4 Å². The molecule has 132 valence electrons. The molecule has 0 saturated carbocycles. The number of hydrogen-bond acceptors (Lipinski definition) is 5. The van der Waals surface area contributed by atoms with E-state index in [1.54, 1.807) is 62.6 Å². The van der Waals surface area contributed by atoms with Crippen molar-refractivity contribution >= 4 is 34.2 Å². The molecule has 1 amide bonds. The lowest BCUT2D eigenvalue weighted by molar-refractivity contribution is 0.0955. The predicted molar refractivity (Wildman–Crippen MR) is 100 cm³/mol. The summed E-state index contributed by atoms with van der Waals surface area (Å²) in [5.41, 5.74) is 3.29. The number of fused-ring (bicyclic) bond motifs is 1. The molecule has 0 atom stereocenters. The van der Waals surface area contributed by atoms with E-state index in [4.69, 9.17) is 20.8 Å². The van der Waals surface area contributed by atoms with Crippen LogP contribution < -0.4 is 15.8 Å². The van der Waals surface area contributed by atoms with Gasteiger partial charge in [-0.05, 0) is 55.5 Å². The summed E-state index contributed by atoms with van der Waals surface area (Å²) in [6.45, 7) is 1.61. The number of hydrazone groups is 1. The third-order valence-corrected chi connectivity index (χ3v) is 4.00. The van der Waals surface area contributed by atoms with Crippen LogP contribution in [0.1, 0.15) is 22.8 Å². The summed E-state index contributed by atoms with van der Waals surface area (Å²) in [6, 6.07) is 13.2. The Hall–Kier alpha value is -3.12. The quantitative estimate of drug-likeness (QED) is 0.432. The van der Waals surface area contributed by atoms with Gasteiger partial charge in [0.15, 0.2) is 0 Å². The largest absolute Gasteiger partial charge is 0.497 e. The molecule has 6 nitrogen and oxygen atoms in total. The molecule has 7 heteroatoms. The Kier molecular flexibility index (Phi) is 5.04. The molecule has 0 saturated heterocycles. The summed E-state index contributed by atoms with van der Waals surface area (Å²) in [4.78, 5) is 24.3. The predicted octanol–water partition coefficient (Wildman–Crippen LogP) is 3.61. The number of amides is 1. The van der Waals surface area contributed by atoms with Crippen LogP contribution in [0.3, 0.4) is 0 Å². The molecule has 3 rings (SSSR count). The smallest absolute Gasteiger partial charge is 0.345 e. The second-order valence-corrected chi connectivity index (χ2v) is 5.93. The van der Waals surface area contributed by atoms with E-state index in [2.05, 4.69) is 10.5 Å². The number of nitrogens with one attached hydrogen (secondary N) is 1. The molecular weight excluding hydrogens is 356 g/mol. The van der Waals surface area contributed by atoms with E-state index in [1.165, 1.54) is 0 Å². The minimum absolute atomic E-state index is 0.245. The fraction of sp³-hybridized carbons (Fsp3) is 0.105. The van der Waals surface area contributed by atoms with Gasteiger partial charge in [-0.2, -0.15) is 5.10 Å². The first-order valence-electron chi connectivity index (χ1n) is 7.70. The number of hydrogen-bond donors (Lipinski definition) is 1. The second kappa shape index (κ2) is 7.41. The molecule has 0 spiro atoms. The van der Waals surface area contributed by atoms with Gasteiger partial charge in [-0.25, -0.2) is 10.2 Å². The molecule has 2 aromatic carbocycles. The van der Waals surface area contributed by atoms with Crippen LogP contribution in [-0.2, 0) is 0 Å². The zero-order valence-corrected chi connectivity index (χ0v) is 14.8. The van der Waals surface area contributed by atoms with Gasteiger partial charge in [-0.3, -0.25) is 4.79 Å². The average Bonchev–Trinajstić information content (AvgIpc) is 2.65. The lowest BCUT2D eigenvalue weighted by Crippen LogP contribution is -2.21. The van der Waals surface area contributed by atoms with Gasteiger partial charge in [-0.1, -0.05) is 11.6 Å². The lowest BCUT2D eigenvalue weighted by Gasteiger charge is -2.05. The number of nitrogens with zero attached hydrogens (tertiary/aromatic N) is 1. The Morgan fingerprint density at radius 1 is 1.15 bits per heavy atom. The van der Waals surface area contributed by atoms with E-state index < -0.39 is 11.5 Å². The maximum absolute atomic E-state index is 12.1. The lowest BCUT2D eigenvalue weighted by atomic mass is 10.1. The summed E-state index contributed by atoms with van der Waals surface area (Å²) in [7, 11) is 1.55. The molecule has 1 aromatic heterocycles. The molecule has 1 N–H and O–H groups in total. The maximum Gasteiger partial charge on any atom is 0.345 e. The first-order valence-corrected chi connectivity index (χ1v) is 8.08. The highest BCUT2D eigenvalue weighted by Crippen LogP contribution is 2.19. The van der Waals surface area contributed by atoms with Crippen molar-refractivity contribution in [1.29, 1.82) is 0 Å². The van der Waals surface area contributed by atoms with E-state index in [1.807, 2.05) is 0 Å². The van der Waals surface area contributed by atoms with Crippen LogP contribution in [0.15, 0.2) is 62.8 Å². The zero-order chi connectivity index (χ0) is 18.7. The first-order chi connectivity index (χ1) is 12.5. The fourth-order valence-electron chi connectivity index (χ4n) is 2.35. The molecule has 0 unspecified atom stereocenters. The third-order valence-electron chi connectivity index (χ3n) is 3.76. The van der Waals surface area contributed by atoms with E-state index in [9.17, 15) is 9.59 Å². The average molecular weight is 371 g/mol. The summed E-state index contributed by atoms with van der Waals surface area (Å²) >= 11 is 5.97. The Labute approximate surface area is 154 Å². The molecular formula is C19H15ClN2O4. The van der Waals surface area contributed by atoms with Gasteiger partial charge in [0.2, 0.25) is 0 Å². The highest BCUT2D eigenvalue weighted by Gasteiger charge is 2.10. The monoisotopic (exact) mass is 370 g/mol. The van der Waals surface area contributed by atoms with Gasteiger partial charge >= 0.3 is 5.63 Å². The normalized spacial score (nSPS) is 11.4. The van der Waals surface area contributed by atoms with Crippen molar-refractivity contribution in [3.8, 4) is 5.75 Å². The Bertz CT molecular complexity index is 1060. The standard InChI is InChI=1S/C19H15ClN2O4/c1-11(21-22-18(23)12-3-6-15(25-2)7-4-12)16-10-13-9-14(20)5-8-17(13)26-19(16)24/h3-10H,1-2H3,(H,22,23). The van der Waals surface area contributed by atoms with Crippen molar-refractivity contribution in [1.82, 2.24) is 5.43 Å². The zero-order valence-electron chi connectivity index (χ0n) is 14.1. The van der Waals surface area contributed by atoms with Gasteiger partial charge in [0.1, 0.15) is 11.3 Å². The third kappa shape index (κ3) is 3.75. The number of halogens is 1. The number of ether oxygens (including phenoxy) is 1. The highest BCUT2D eigenvalue weighted by atomic mass is 35.5. The maximum atomic E-state index is 12.1. The summed E-state index contributed by atoms with van der Waals surface area (Å²) in [5, 5.41) is 5.19. The summed E-state index contributed by atoms with van der Waals surface area (Å²) in [5.74, 6) is 0.244. The molecule has 0 bridgehead atoms. The molecule has 0 radical (unpaired) electrons. The first kappa shape index (κ1) is 17.7. The van der Waals surface area contributed by atoms with Crippen LogP contribution in [0.2, 0.25) is 5.02 Å². The number of methoxy groups -OCH3 is 1.